The van der Waals surface area contributed by atoms with Gasteiger partial charge in [0.1, 0.15) is 6.04 Å². The maximum atomic E-state index is 13.1. The van der Waals surface area contributed by atoms with Crippen LogP contribution in [0.2, 0.25) is 5.02 Å². The van der Waals surface area contributed by atoms with Gasteiger partial charge < -0.3 is 15.4 Å². The number of carbonyl (C=O) groups excluding carboxylic acids is 2. The van der Waals surface area contributed by atoms with Crippen molar-refractivity contribution >= 4 is 23.4 Å². The van der Waals surface area contributed by atoms with Crippen molar-refractivity contribution in [3.8, 4) is 0 Å². The second kappa shape index (κ2) is 12.0. The zero-order valence-corrected chi connectivity index (χ0v) is 19.5. The van der Waals surface area contributed by atoms with Gasteiger partial charge in [0.25, 0.3) is 0 Å². The third kappa shape index (κ3) is 6.79. The molecule has 0 bridgehead atoms. The topological polar surface area (TPSA) is 70.7 Å². The van der Waals surface area contributed by atoms with E-state index in [9.17, 15) is 9.59 Å². The normalized spacial score (nSPS) is 16.4. The third-order valence-electron chi connectivity index (χ3n) is 5.69. The van der Waals surface area contributed by atoms with E-state index in [0.717, 1.165) is 24.2 Å². The van der Waals surface area contributed by atoms with Crippen LogP contribution in [0, 0.1) is 5.92 Å². The van der Waals surface area contributed by atoms with E-state index in [2.05, 4.69) is 15.5 Å². The first-order chi connectivity index (χ1) is 15.5. The van der Waals surface area contributed by atoms with Crippen LogP contribution in [0.15, 0.2) is 54.6 Å². The molecular weight excluding hydrogens is 426 g/mol. The molecule has 0 aliphatic carbocycles. The summed E-state index contributed by atoms with van der Waals surface area (Å²) in [6.45, 7) is 7.11. The monoisotopic (exact) mass is 457 g/mol. The number of amides is 2. The van der Waals surface area contributed by atoms with Crippen LogP contribution in [-0.4, -0.2) is 55.6 Å². The summed E-state index contributed by atoms with van der Waals surface area (Å²) in [7, 11) is 0. The van der Waals surface area contributed by atoms with Crippen LogP contribution >= 0.6 is 11.6 Å². The number of morpholine rings is 1. The Balaban J connectivity index is 1.66. The van der Waals surface area contributed by atoms with Crippen LogP contribution in [0.4, 0.5) is 0 Å². The first-order valence-corrected chi connectivity index (χ1v) is 11.5. The molecular formula is C25H32ClN3O3. The molecule has 7 heteroatoms. The number of rotatable bonds is 9. The highest BCUT2D eigenvalue weighted by Gasteiger charge is 2.28. The number of nitrogens with zero attached hydrogens (tertiary/aromatic N) is 1. The van der Waals surface area contributed by atoms with Crippen molar-refractivity contribution in [2.24, 2.45) is 5.92 Å². The molecule has 2 N–H and O–H groups in total. The van der Waals surface area contributed by atoms with Gasteiger partial charge in [-0.1, -0.05) is 74.0 Å². The summed E-state index contributed by atoms with van der Waals surface area (Å²) in [6.07, 6.45) is 0.243. The fourth-order valence-corrected chi connectivity index (χ4v) is 4.18. The molecule has 2 amide bonds. The number of halogens is 1. The van der Waals surface area contributed by atoms with Crippen molar-refractivity contribution in [3.05, 3.63) is 70.7 Å². The Labute approximate surface area is 195 Å². The van der Waals surface area contributed by atoms with Crippen LogP contribution < -0.4 is 10.6 Å². The molecule has 0 aromatic heterocycles. The molecule has 1 heterocycles. The lowest BCUT2D eigenvalue weighted by atomic mass is 10.0. The van der Waals surface area contributed by atoms with Crippen LogP contribution in [0.25, 0.3) is 0 Å². The van der Waals surface area contributed by atoms with Crippen molar-refractivity contribution in [3.63, 3.8) is 0 Å². The largest absolute Gasteiger partial charge is 0.379 e. The summed E-state index contributed by atoms with van der Waals surface area (Å²) in [5.74, 6) is -0.399. The Morgan fingerprint density at radius 1 is 1.03 bits per heavy atom. The molecule has 6 nitrogen and oxygen atoms in total. The van der Waals surface area contributed by atoms with E-state index in [1.807, 2.05) is 68.4 Å². The molecule has 1 saturated heterocycles. The lowest BCUT2D eigenvalue weighted by Crippen LogP contribution is -2.52. The SMILES string of the molecule is CC(C)C(NC(=O)Cc1ccccc1)C(=O)NCC(c1ccccc1Cl)N1CCOCC1. The van der Waals surface area contributed by atoms with E-state index in [1.54, 1.807) is 0 Å². The minimum atomic E-state index is -0.609. The Hall–Kier alpha value is -2.41. The highest BCUT2D eigenvalue weighted by Crippen LogP contribution is 2.27. The minimum absolute atomic E-state index is 0.0446. The summed E-state index contributed by atoms with van der Waals surface area (Å²) in [5, 5.41) is 6.65. The Kier molecular flexibility index (Phi) is 9.09. The number of benzene rings is 2. The van der Waals surface area contributed by atoms with Gasteiger partial charge in [-0.05, 0) is 23.1 Å². The fraction of sp³-hybridized carbons (Fsp3) is 0.440. The molecule has 2 aromatic rings. The Morgan fingerprint density at radius 2 is 1.69 bits per heavy atom. The van der Waals surface area contributed by atoms with Gasteiger partial charge in [0, 0.05) is 24.7 Å². The van der Waals surface area contributed by atoms with Gasteiger partial charge in [-0.2, -0.15) is 0 Å². The van der Waals surface area contributed by atoms with E-state index in [-0.39, 0.29) is 30.2 Å². The molecule has 1 aliphatic heterocycles. The maximum Gasteiger partial charge on any atom is 0.242 e. The smallest absolute Gasteiger partial charge is 0.242 e. The molecule has 0 radical (unpaired) electrons. The number of nitrogens with one attached hydrogen (secondary N) is 2. The van der Waals surface area contributed by atoms with E-state index in [0.29, 0.717) is 24.8 Å². The number of carbonyl (C=O) groups is 2. The van der Waals surface area contributed by atoms with Gasteiger partial charge in [-0.25, -0.2) is 0 Å². The Bertz CT molecular complexity index is 885. The van der Waals surface area contributed by atoms with Gasteiger partial charge in [0.05, 0.1) is 25.7 Å². The first kappa shape index (κ1) is 24.2. The zero-order chi connectivity index (χ0) is 22.9. The molecule has 172 valence electrons. The van der Waals surface area contributed by atoms with Crippen molar-refractivity contribution < 1.29 is 14.3 Å². The van der Waals surface area contributed by atoms with E-state index in [1.165, 1.54) is 0 Å². The lowest BCUT2D eigenvalue weighted by molar-refractivity contribution is -0.130. The highest BCUT2D eigenvalue weighted by molar-refractivity contribution is 6.31. The zero-order valence-electron chi connectivity index (χ0n) is 18.7. The molecule has 32 heavy (non-hydrogen) atoms. The van der Waals surface area contributed by atoms with Crippen molar-refractivity contribution in [2.75, 3.05) is 32.8 Å². The van der Waals surface area contributed by atoms with Gasteiger partial charge in [-0.3, -0.25) is 14.5 Å². The molecule has 2 aromatic carbocycles. The number of ether oxygens (including phenoxy) is 1. The third-order valence-corrected chi connectivity index (χ3v) is 6.04. The number of hydrogen-bond acceptors (Lipinski definition) is 4. The Morgan fingerprint density at radius 3 is 2.34 bits per heavy atom. The van der Waals surface area contributed by atoms with E-state index in [4.69, 9.17) is 16.3 Å². The first-order valence-electron chi connectivity index (χ1n) is 11.1. The highest BCUT2D eigenvalue weighted by atomic mass is 35.5. The number of hydrogen-bond donors (Lipinski definition) is 2. The molecule has 1 fully saturated rings. The predicted molar refractivity (Wildman–Crippen MR) is 127 cm³/mol. The summed E-state index contributed by atoms with van der Waals surface area (Å²) < 4.78 is 5.49. The second-order valence-corrected chi connectivity index (χ2v) is 8.79. The van der Waals surface area contributed by atoms with Crippen molar-refractivity contribution in [1.29, 1.82) is 0 Å². The van der Waals surface area contributed by atoms with Crippen LogP contribution in [-0.2, 0) is 20.7 Å². The standard InChI is InChI=1S/C25H32ClN3O3/c1-18(2)24(28-23(30)16-19-8-4-3-5-9-19)25(31)27-17-22(29-12-14-32-15-13-29)20-10-6-7-11-21(20)26/h3-11,18,22,24H,12-17H2,1-2H3,(H,27,31)(H,28,30). The summed E-state index contributed by atoms with van der Waals surface area (Å²) >= 11 is 6.48. The van der Waals surface area contributed by atoms with Crippen molar-refractivity contribution in [1.82, 2.24) is 15.5 Å². The van der Waals surface area contributed by atoms with Crippen LogP contribution in [0.1, 0.15) is 31.0 Å². The van der Waals surface area contributed by atoms with Gasteiger partial charge in [0.15, 0.2) is 0 Å². The van der Waals surface area contributed by atoms with E-state index >= 15 is 0 Å². The van der Waals surface area contributed by atoms with E-state index < -0.39 is 6.04 Å². The molecule has 3 rings (SSSR count). The predicted octanol–water partition coefficient (Wildman–Crippen LogP) is 3.21. The van der Waals surface area contributed by atoms with Gasteiger partial charge >= 0.3 is 0 Å². The molecule has 2 unspecified atom stereocenters. The van der Waals surface area contributed by atoms with Gasteiger partial charge in [0.2, 0.25) is 11.8 Å². The minimum Gasteiger partial charge on any atom is -0.379 e. The summed E-state index contributed by atoms with van der Waals surface area (Å²) in [6, 6.07) is 16.6. The molecule has 2 atom stereocenters. The maximum absolute atomic E-state index is 13.1. The van der Waals surface area contributed by atoms with Crippen molar-refractivity contribution in [2.45, 2.75) is 32.4 Å². The molecule has 0 spiro atoms. The summed E-state index contributed by atoms with van der Waals surface area (Å²) in [5.41, 5.74) is 1.89. The quantitative estimate of drug-likeness (QED) is 0.606. The van der Waals surface area contributed by atoms with Gasteiger partial charge in [-0.15, -0.1) is 0 Å². The fourth-order valence-electron chi connectivity index (χ4n) is 3.92. The van der Waals surface area contributed by atoms with Crippen LogP contribution in [0.5, 0.6) is 0 Å². The second-order valence-electron chi connectivity index (χ2n) is 8.38. The molecule has 1 aliphatic rings. The molecule has 0 saturated carbocycles. The van der Waals surface area contributed by atoms with Crippen LogP contribution in [0.3, 0.4) is 0 Å². The average Bonchev–Trinajstić information content (AvgIpc) is 2.80. The average molecular weight is 458 g/mol. The summed E-state index contributed by atoms with van der Waals surface area (Å²) in [4.78, 5) is 27.9. The lowest BCUT2D eigenvalue weighted by Gasteiger charge is -2.35.